The first-order chi connectivity index (χ1) is 12.7. The average Bonchev–Trinajstić information content (AvgIpc) is 3.16. The van der Waals surface area contributed by atoms with Crippen LogP contribution in [0.2, 0.25) is 0 Å². The standard InChI is InChI=1S/C21H23N3O2/c1-3-7-16-14-17(18-8-6-9-21(22)23-18)20(25-2)15-19(16)26-13-12-24-10-4-5-11-24/h3-6,8-11,14-15H,1,7,12-13H2,2H3,(H2,22,23). The molecule has 3 aromatic rings. The predicted molar refractivity (Wildman–Crippen MR) is 104 cm³/mol. The van der Waals surface area contributed by atoms with Gasteiger partial charge in [0.1, 0.15) is 23.9 Å². The number of pyridine rings is 1. The lowest BCUT2D eigenvalue weighted by Crippen LogP contribution is -2.08. The van der Waals surface area contributed by atoms with Gasteiger partial charge in [0, 0.05) is 24.0 Å². The lowest BCUT2D eigenvalue weighted by Gasteiger charge is -2.16. The molecule has 2 aromatic heterocycles. The molecule has 5 heteroatoms. The summed E-state index contributed by atoms with van der Waals surface area (Å²) in [6.07, 6.45) is 6.59. The molecule has 0 aliphatic rings. The normalized spacial score (nSPS) is 10.5. The van der Waals surface area contributed by atoms with Gasteiger partial charge in [-0.05, 0) is 42.3 Å². The minimum Gasteiger partial charge on any atom is -0.496 e. The Bertz CT molecular complexity index is 873. The Morgan fingerprint density at radius 2 is 1.96 bits per heavy atom. The van der Waals surface area contributed by atoms with Crippen molar-refractivity contribution in [3.8, 4) is 22.8 Å². The molecule has 5 nitrogen and oxygen atoms in total. The van der Waals surface area contributed by atoms with Crippen molar-refractivity contribution in [2.24, 2.45) is 0 Å². The van der Waals surface area contributed by atoms with Crippen molar-refractivity contribution < 1.29 is 9.47 Å². The van der Waals surface area contributed by atoms with Crippen LogP contribution in [0.25, 0.3) is 11.3 Å². The van der Waals surface area contributed by atoms with Crippen molar-refractivity contribution in [2.75, 3.05) is 19.5 Å². The number of allylic oxidation sites excluding steroid dienone is 1. The summed E-state index contributed by atoms with van der Waals surface area (Å²) in [5.41, 5.74) is 8.52. The van der Waals surface area contributed by atoms with Crippen molar-refractivity contribution in [1.82, 2.24) is 9.55 Å². The molecule has 0 bridgehead atoms. The van der Waals surface area contributed by atoms with Crippen LogP contribution in [-0.2, 0) is 13.0 Å². The molecule has 1 aromatic carbocycles. The van der Waals surface area contributed by atoms with Gasteiger partial charge in [0.15, 0.2) is 0 Å². The summed E-state index contributed by atoms with van der Waals surface area (Å²) >= 11 is 0. The number of nitrogen functional groups attached to an aromatic ring is 1. The van der Waals surface area contributed by atoms with E-state index in [0.29, 0.717) is 24.6 Å². The fraction of sp³-hybridized carbons (Fsp3) is 0.190. The van der Waals surface area contributed by atoms with E-state index in [1.165, 1.54) is 0 Å². The Morgan fingerprint density at radius 3 is 2.65 bits per heavy atom. The van der Waals surface area contributed by atoms with Gasteiger partial charge in [-0.1, -0.05) is 12.1 Å². The van der Waals surface area contributed by atoms with Gasteiger partial charge in [0.2, 0.25) is 0 Å². The van der Waals surface area contributed by atoms with Gasteiger partial charge in [-0.15, -0.1) is 6.58 Å². The van der Waals surface area contributed by atoms with E-state index in [-0.39, 0.29) is 0 Å². The molecule has 0 fully saturated rings. The molecule has 0 aliphatic carbocycles. The zero-order chi connectivity index (χ0) is 18.4. The Balaban J connectivity index is 1.90. The van der Waals surface area contributed by atoms with Crippen LogP contribution < -0.4 is 15.2 Å². The number of hydrogen-bond acceptors (Lipinski definition) is 4. The fourth-order valence-corrected chi connectivity index (χ4v) is 2.81. The topological polar surface area (TPSA) is 62.3 Å². The Kier molecular flexibility index (Phi) is 5.59. The maximum Gasteiger partial charge on any atom is 0.131 e. The van der Waals surface area contributed by atoms with Crippen LogP contribution in [0.4, 0.5) is 5.82 Å². The molecule has 134 valence electrons. The van der Waals surface area contributed by atoms with Crippen molar-refractivity contribution in [1.29, 1.82) is 0 Å². The van der Waals surface area contributed by atoms with Crippen LogP contribution >= 0.6 is 0 Å². The number of methoxy groups -OCH3 is 1. The summed E-state index contributed by atoms with van der Waals surface area (Å²) in [5.74, 6) is 1.97. The highest BCUT2D eigenvalue weighted by atomic mass is 16.5. The first-order valence-corrected chi connectivity index (χ1v) is 8.49. The van der Waals surface area contributed by atoms with Crippen molar-refractivity contribution >= 4 is 5.82 Å². The van der Waals surface area contributed by atoms with Crippen molar-refractivity contribution in [2.45, 2.75) is 13.0 Å². The second-order valence-electron chi connectivity index (χ2n) is 5.87. The second kappa shape index (κ2) is 8.25. The van der Waals surface area contributed by atoms with Crippen LogP contribution in [0.15, 0.2) is 67.5 Å². The van der Waals surface area contributed by atoms with E-state index >= 15 is 0 Å². The number of nitrogens with two attached hydrogens (primary N) is 1. The molecular weight excluding hydrogens is 326 g/mol. The summed E-state index contributed by atoms with van der Waals surface area (Å²) < 4.78 is 13.7. The molecule has 0 amide bonds. The monoisotopic (exact) mass is 349 g/mol. The van der Waals surface area contributed by atoms with Gasteiger partial charge < -0.3 is 19.8 Å². The number of ether oxygens (including phenoxy) is 2. The van der Waals surface area contributed by atoms with Gasteiger partial charge in [-0.25, -0.2) is 4.98 Å². The molecule has 0 saturated heterocycles. The summed E-state index contributed by atoms with van der Waals surface area (Å²) in [4.78, 5) is 4.41. The molecule has 2 N–H and O–H groups in total. The molecular formula is C21H23N3O2. The number of nitrogens with zero attached hydrogens (tertiary/aromatic N) is 2. The molecule has 0 saturated carbocycles. The smallest absolute Gasteiger partial charge is 0.131 e. The first-order valence-electron chi connectivity index (χ1n) is 8.49. The lowest BCUT2D eigenvalue weighted by molar-refractivity contribution is 0.294. The number of benzene rings is 1. The highest BCUT2D eigenvalue weighted by molar-refractivity contribution is 5.71. The SMILES string of the molecule is C=CCc1cc(-c2cccc(N)n2)c(OC)cc1OCCn1cccc1. The lowest BCUT2D eigenvalue weighted by atomic mass is 10.0. The Morgan fingerprint density at radius 1 is 1.15 bits per heavy atom. The van der Waals surface area contributed by atoms with Crippen LogP contribution in [0.1, 0.15) is 5.56 Å². The minimum absolute atomic E-state index is 0.474. The predicted octanol–water partition coefficient (Wildman–Crippen LogP) is 3.95. The van der Waals surface area contributed by atoms with Crippen molar-refractivity contribution in [3.63, 3.8) is 0 Å². The third-order valence-corrected chi connectivity index (χ3v) is 4.07. The number of hydrogen-bond donors (Lipinski definition) is 1. The van der Waals surface area contributed by atoms with E-state index in [2.05, 4.69) is 16.1 Å². The Labute approximate surface area is 153 Å². The van der Waals surface area contributed by atoms with Gasteiger partial charge in [-0.2, -0.15) is 0 Å². The zero-order valence-corrected chi connectivity index (χ0v) is 14.9. The van der Waals surface area contributed by atoms with E-state index in [0.717, 1.165) is 29.1 Å². The van der Waals surface area contributed by atoms with Gasteiger partial charge in [0.25, 0.3) is 0 Å². The molecule has 0 unspecified atom stereocenters. The maximum atomic E-state index is 6.03. The second-order valence-corrected chi connectivity index (χ2v) is 5.87. The highest BCUT2D eigenvalue weighted by Gasteiger charge is 2.14. The summed E-state index contributed by atoms with van der Waals surface area (Å²) in [7, 11) is 1.64. The summed E-state index contributed by atoms with van der Waals surface area (Å²) in [5, 5.41) is 0. The first kappa shape index (κ1) is 17.6. The number of rotatable bonds is 8. The zero-order valence-electron chi connectivity index (χ0n) is 14.9. The summed E-state index contributed by atoms with van der Waals surface area (Å²) in [6.45, 7) is 5.20. The number of aromatic nitrogens is 2. The maximum absolute atomic E-state index is 6.03. The highest BCUT2D eigenvalue weighted by Crippen LogP contribution is 2.36. The molecule has 0 radical (unpaired) electrons. The van der Waals surface area contributed by atoms with E-state index in [4.69, 9.17) is 15.2 Å². The van der Waals surface area contributed by atoms with E-state index in [1.807, 2.05) is 54.9 Å². The van der Waals surface area contributed by atoms with Gasteiger partial charge in [0.05, 0.1) is 19.3 Å². The van der Waals surface area contributed by atoms with E-state index in [1.54, 1.807) is 13.2 Å². The van der Waals surface area contributed by atoms with E-state index < -0.39 is 0 Å². The quantitative estimate of drug-likeness (QED) is 0.626. The third-order valence-electron chi connectivity index (χ3n) is 4.07. The molecule has 0 spiro atoms. The van der Waals surface area contributed by atoms with E-state index in [9.17, 15) is 0 Å². The molecule has 26 heavy (non-hydrogen) atoms. The summed E-state index contributed by atoms with van der Waals surface area (Å²) in [6, 6.07) is 13.5. The Hall–Kier alpha value is -3.21. The molecule has 0 atom stereocenters. The molecule has 0 aliphatic heterocycles. The fourth-order valence-electron chi connectivity index (χ4n) is 2.81. The van der Waals surface area contributed by atoms with Gasteiger partial charge in [-0.3, -0.25) is 0 Å². The largest absolute Gasteiger partial charge is 0.496 e. The van der Waals surface area contributed by atoms with Crippen LogP contribution in [0, 0.1) is 0 Å². The average molecular weight is 349 g/mol. The van der Waals surface area contributed by atoms with Crippen LogP contribution in [0.5, 0.6) is 11.5 Å². The molecule has 3 rings (SSSR count). The van der Waals surface area contributed by atoms with Gasteiger partial charge >= 0.3 is 0 Å². The van der Waals surface area contributed by atoms with Crippen molar-refractivity contribution in [3.05, 3.63) is 73.1 Å². The van der Waals surface area contributed by atoms with Crippen LogP contribution in [-0.4, -0.2) is 23.3 Å². The minimum atomic E-state index is 0.474. The van der Waals surface area contributed by atoms with Crippen LogP contribution in [0.3, 0.4) is 0 Å². The number of anilines is 1. The molecule has 2 heterocycles. The third kappa shape index (κ3) is 4.06.